The molecule has 0 aliphatic rings. The van der Waals surface area contributed by atoms with E-state index in [2.05, 4.69) is 6.58 Å². The molecule has 0 aromatic heterocycles. The summed E-state index contributed by atoms with van der Waals surface area (Å²) in [5.74, 6) is -0.218. The molecular formula is C10H13ClFN. The minimum atomic E-state index is -0.277. The van der Waals surface area contributed by atoms with Crippen molar-refractivity contribution in [2.45, 2.75) is 13.0 Å². The van der Waals surface area contributed by atoms with E-state index in [1.807, 2.05) is 6.07 Å². The van der Waals surface area contributed by atoms with E-state index >= 15 is 0 Å². The Labute approximate surface area is 83.9 Å². The quantitative estimate of drug-likeness (QED) is 0.732. The summed E-state index contributed by atoms with van der Waals surface area (Å²) in [4.78, 5) is 0. The zero-order valence-corrected chi connectivity index (χ0v) is 8.27. The lowest BCUT2D eigenvalue weighted by Gasteiger charge is -2.10. The molecule has 0 aliphatic heterocycles. The van der Waals surface area contributed by atoms with Crippen molar-refractivity contribution >= 4 is 12.4 Å². The molecule has 0 aliphatic carbocycles. The van der Waals surface area contributed by atoms with Crippen LogP contribution in [0.15, 0.2) is 30.9 Å². The first-order valence-corrected chi connectivity index (χ1v) is 3.80. The Hall–Kier alpha value is -0.860. The highest BCUT2D eigenvalue weighted by atomic mass is 35.5. The van der Waals surface area contributed by atoms with E-state index in [0.717, 1.165) is 5.56 Å². The van der Waals surface area contributed by atoms with Crippen LogP contribution in [0.5, 0.6) is 0 Å². The van der Waals surface area contributed by atoms with Crippen LogP contribution in [0.1, 0.15) is 17.2 Å². The van der Waals surface area contributed by atoms with E-state index in [1.165, 1.54) is 6.07 Å². The van der Waals surface area contributed by atoms with Crippen molar-refractivity contribution in [2.75, 3.05) is 0 Å². The molecule has 0 fully saturated rings. The topological polar surface area (TPSA) is 26.0 Å². The van der Waals surface area contributed by atoms with Crippen LogP contribution in [0.3, 0.4) is 0 Å². The van der Waals surface area contributed by atoms with Gasteiger partial charge in [0.25, 0.3) is 0 Å². The van der Waals surface area contributed by atoms with Crippen molar-refractivity contribution < 1.29 is 4.39 Å². The number of hydrogen-bond donors (Lipinski definition) is 1. The van der Waals surface area contributed by atoms with Gasteiger partial charge >= 0.3 is 0 Å². The molecule has 3 heteroatoms. The summed E-state index contributed by atoms with van der Waals surface area (Å²) in [5.41, 5.74) is 7.08. The van der Waals surface area contributed by atoms with Gasteiger partial charge in [0.2, 0.25) is 0 Å². The van der Waals surface area contributed by atoms with Crippen LogP contribution in [0.25, 0.3) is 0 Å². The van der Waals surface area contributed by atoms with Gasteiger partial charge in [-0.2, -0.15) is 0 Å². The molecule has 0 unspecified atom stereocenters. The molecule has 1 rings (SSSR count). The Morgan fingerprint density at radius 2 is 2.15 bits per heavy atom. The molecule has 0 saturated heterocycles. The zero-order chi connectivity index (χ0) is 9.14. The Bertz CT molecular complexity index is 299. The molecule has 0 heterocycles. The highest BCUT2D eigenvalue weighted by Gasteiger charge is 2.07. The van der Waals surface area contributed by atoms with Crippen molar-refractivity contribution in [2.24, 2.45) is 5.73 Å². The molecule has 0 bridgehead atoms. The predicted octanol–water partition coefficient (Wildman–Crippen LogP) is 2.74. The molecule has 1 nitrogen and oxygen atoms in total. The monoisotopic (exact) mass is 201 g/mol. The lowest BCUT2D eigenvalue weighted by atomic mass is 10.0. The minimum Gasteiger partial charge on any atom is -0.321 e. The van der Waals surface area contributed by atoms with Gasteiger partial charge < -0.3 is 5.73 Å². The molecule has 13 heavy (non-hydrogen) atoms. The summed E-state index contributed by atoms with van der Waals surface area (Å²) in [5, 5.41) is 0. The summed E-state index contributed by atoms with van der Waals surface area (Å²) in [6, 6.07) is 4.61. The summed E-state index contributed by atoms with van der Waals surface area (Å²) in [6.07, 6.45) is 1.60. The average molecular weight is 202 g/mol. The third-order valence-electron chi connectivity index (χ3n) is 1.92. The van der Waals surface area contributed by atoms with Gasteiger partial charge in [0.15, 0.2) is 0 Å². The normalized spacial score (nSPS) is 11.6. The molecule has 0 radical (unpaired) electrons. The third-order valence-corrected chi connectivity index (χ3v) is 1.92. The molecule has 1 atom stereocenters. The highest BCUT2D eigenvalue weighted by molar-refractivity contribution is 5.85. The number of rotatable bonds is 2. The Balaban J connectivity index is 0.00000144. The first-order valence-electron chi connectivity index (χ1n) is 3.80. The Morgan fingerprint density at radius 1 is 1.54 bits per heavy atom. The largest absolute Gasteiger partial charge is 0.321 e. The van der Waals surface area contributed by atoms with Gasteiger partial charge in [0.05, 0.1) is 0 Å². The van der Waals surface area contributed by atoms with Crippen LogP contribution in [0.2, 0.25) is 0 Å². The van der Waals surface area contributed by atoms with Crippen molar-refractivity contribution in [1.29, 1.82) is 0 Å². The van der Waals surface area contributed by atoms with Gasteiger partial charge in [-0.15, -0.1) is 19.0 Å². The van der Waals surface area contributed by atoms with Gasteiger partial charge in [0, 0.05) is 6.04 Å². The van der Waals surface area contributed by atoms with E-state index in [-0.39, 0.29) is 24.3 Å². The van der Waals surface area contributed by atoms with E-state index < -0.39 is 0 Å². The second-order valence-electron chi connectivity index (χ2n) is 2.72. The lowest BCUT2D eigenvalue weighted by molar-refractivity contribution is 0.613. The van der Waals surface area contributed by atoms with Crippen molar-refractivity contribution in [1.82, 2.24) is 0 Å². The lowest BCUT2D eigenvalue weighted by Crippen LogP contribution is -2.08. The van der Waals surface area contributed by atoms with Crippen molar-refractivity contribution in [3.8, 4) is 0 Å². The highest BCUT2D eigenvalue weighted by Crippen LogP contribution is 2.18. The second kappa shape index (κ2) is 5.00. The van der Waals surface area contributed by atoms with E-state index in [9.17, 15) is 4.39 Å². The predicted molar refractivity (Wildman–Crippen MR) is 55.5 cm³/mol. The second-order valence-corrected chi connectivity index (χ2v) is 2.72. The Morgan fingerprint density at radius 3 is 2.69 bits per heavy atom. The fourth-order valence-corrected chi connectivity index (χ4v) is 1.11. The maximum absolute atomic E-state index is 13.0. The van der Waals surface area contributed by atoms with Gasteiger partial charge in [0.1, 0.15) is 5.82 Å². The number of halogens is 2. The Kier molecular flexibility index (Phi) is 4.67. The number of benzene rings is 1. The fraction of sp³-hybridized carbons (Fsp3) is 0.200. The van der Waals surface area contributed by atoms with Crippen molar-refractivity contribution in [3.63, 3.8) is 0 Å². The number of hydrogen-bond acceptors (Lipinski definition) is 1. The molecule has 0 spiro atoms. The van der Waals surface area contributed by atoms with Crippen LogP contribution < -0.4 is 5.73 Å². The van der Waals surface area contributed by atoms with Gasteiger partial charge in [-0.05, 0) is 24.1 Å². The van der Waals surface area contributed by atoms with Crippen LogP contribution in [0, 0.1) is 12.7 Å². The summed E-state index contributed by atoms with van der Waals surface area (Å²) < 4.78 is 13.0. The van der Waals surface area contributed by atoms with Crippen LogP contribution >= 0.6 is 12.4 Å². The van der Waals surface area contributed by atoms with Crippen LogP contribution in [0.4, 0.5) is 4.39 Å². The van der Waals surface area contributed by atoms with Crippen LogP contribution in [-0.4, -0.2) is 0 Å². The third kappa shape index (κ3) is 2.54. The van der Waals surface area contributed by atoms with E-state index in [4.69, 9.17) is 5.73 Å². The first-order chi connectivity index (χ1) is 5.66. The van der Waals surface area contributed by atoms with Gasteiger partial charge in [-0.25, -0.2) is 4.39 Å². The maximum atomic E-state index is 13.0. The molecular weight excluding hydrogens is 189 g/mol. The smallest absolute Gasteiger partial charge is 0.126 e. The van der Waals surface area contributed by atoms with Crippen molar-refractivity contribution in [3.05, 3.63) is 47.8 Å². The standard InChI is InChI=1S/C10H12FN.ClH/c1-3-10(12)8-5-4-6-9(11)7(8)2;/h3-6,10H,1,12H2,2H3;1H/t10-;/m1./s1. The van der Waals surface area contributed by atoms with E-state index in [1.54, 1.807) is 19.1 Å². The molecule has 0 amide bonds. The minimum absolute atomic E-state index is 0. The van der Waals surface area contributed by atoms with E-state index in [0.29, 0.717) is 5.56 Å². The average Bonchev–Trinajstić information content (AvgIpc) is 2.08. The summed E-state index contributed by atoms with van der Waals surface area (Å²) in [6.45, 7) is 5.28. The molecule has 1 aromatic carbocycles. The van der Waals surface area contributed by atoms with Crippen LogP contribution in [-0.2, 0) is 0 Å². The van der Waals surface area contributed by atoms with Gasteiger partial charge in [-0.1, -0.05) is 18.2 Å². The maximum Gasteiger partial charge on any atom is 0.126 e. The zero-order valence-electron chi connectivity index (χ0n) is 7.46. The first kappa shape index (κ1) is 12.1. The molecule has 0 saturated carbocycles. The SMILES string of the molecule is C=C[C@@H](N)c1cccc(F)c1C.Cl. The summed E-state index contributed by atoms with van der Waals surface area (Å²) >= 11 is 0. The molecule has 1 aromatic rings. The number of nitrogens with two attached hydrogens (primary N) is 1. The molecule has 2 N–H and O–H groups in total. The fourth-order valence-electron chi connectivity index (χ4n) is 1.11. The summed E-state index contributed by atoms with van der Waals surface area (Å²) in [7, 11) is 0. The van der Waals surface area contributed by atoms with Gasteiger partial charge in [-0.3, -0.25) is 0 Å². The molecule has 72 valence electrons.